The Kier molecular flexibility index (Phi) is 2.96. The zero-order chi connectivity index (χ0) is 14.5. The number of anilines is 1. The molecule has 0 spiro atoms. The van der Waals surface area contributed by atoms with Crippen LogP contribution in [0.3, 0.4) is 0 Å². The topological polar surface area (TPSA) is 32.3 Å². The van der Waals surface area contributed by atoms with Gasteiger partial charge in [-0.05, 0) is 29.4 Å². The van der Waals surface area contributed by atoms with Crippen LogP contribution in [-0.4, -0.2) is 30.4 Å². The van der Waals surface area contributed by atoms with Crippen molar-refractivity contribution in [2.24, 2.45) is 17.3 Å². The Bertz CT molecular complexity index is 545. The highest BCUT2D eigenvalue weighted by Gasteiger charge is 2.62. The summed E-state index contributed by atoms with van der Waals surface area (Å²) in [6.45, 7) is 6.10. The molecule has 0 bridgehead atoms. The third-order valence-corrected chi connectivity index (χ3v) is 4.84. The minimum atomic E-state index is -0.678. The molecule has 1 amide bonds. The van der Waals surface area contributed by atoms with Crippen LogP contribution in [0.25, 0.3) is 0 Å². The maximum absolute atomic E-state index is 13.4. The van der Waals surface area contributed by atoms with Crippen LogP contribution in [0, 0.1) is 28.9 Å². The monoisotopic (exact) mass is 280 g/mol. The number of fused-ring (bicyclic) bond motifs is 1. The van der Waals surface area contributed by atoms with Gasteiger partial charge >= 0.3 is 0 Å². The summed E-state index contributed by atoms with van der Waals surface area (Å²) in [5.74, 6) is -0.121. The Balaban J connectivity index is 1.53. The Morgan fingerprint density at radius 2 is 2.00 bits per heavy atom. The number of benzene rings is 1. The molecule has 2 aliphatic rings. The van der Waals surface area contributed by atoms with Gasteiger partial charge in [-0.15, -0.1) is 0 Å². The number of nitrogens with zero attached hydrogens (tertiary/aromatic N) is 1. The van der Waals surface area contributed by atoms with E-state index in [0.29, 0.717) is 17.3 Å². The summed E-state index contributed by atoms with van der Waals surface area (Å²) in [7, 11) is 0. The van der Waals surface area contributed by atoms with Gasteiger partial charge in [0.25, 0.3) is 0 Å². The number of halogens is 2. The van der Waals surface area contributed by atoms with E-state index in [1.807, 2.05) is 4.90 Å². The molecule has 3 rings (SSSR count). The van der Waals surface area contributed by atoms with E-state index in [4.69, 9.17) is 0 Å². The molecule has 0 aromatic heterocycles. The number of amides is 1. The molecule has 2 unspecified atom stereocenters. The molecule has 2 fully saturated rings. The minimum Gasteiger partial charge on any atom is -0.374 e. The Hall–Kier alpha value is -1.65. The maximum atomic E-state index is 13.4. The lowest BCUT2D eigenvalue weighted by Crippen LogP contribution is -2.36. The number of piperidine rings is 1. The molecule has 1 saturated heterocycles. The molecule has 1 heterocycles. The second-order valence-electron chi connectivity index (χ2n) is 6.31. The van der Waals surface area contributed by atoms with Crippen LogP contribution < -0.4 is 5.32 Å². The van der Waals surface area contributed by atoms with E-state index in [0.717, 1.165) is 19.2 Å². The highest BCUT2D eigenvalue weighted by molar-refractivity contribution is 5.81. The molecule has 3 nitrogen and oxygen atoms in total. The van der Waals surface area contributed by atoms with Crippen molar-refractivity contribution in [3.05, 3.63) is 29.8 Å². The van der Waals surface area contributed by atoms with Crippen molar-refractivity contribution in [1.82, 2.24) is 4.90 Å². The van der Waals surface area contributed by atoms with E-state index < -0.39 is 11.6 Å². The average molecular weight is 280 g/mol. The van der Waals surface area contributed by atoms with Gasteiger partial charge in [-0.3, -0.25) is 4.79 Å². The van der Waals surface area contributed by atoms with Gasteiger partial charge < -0.3 is 10.2 Å². The number of carbonyl (C=O) groups is 1. The predicted octanol–water partition coefficient (Wildman–Crippen LogP) is 2.49. The van der Waals surface area contributed by atoms with Crippen molar-refractivity contribution < 1.29 is 13.6 Å². The molecule has 1 aromatic carbocycles. The van der Waals surface area contributed by atoms with Crippen LogP contribution in [0.2, 0.25) is 0 Å². The minimum absolute atomic E-state index is 0.0308. The van der Waals surface area contributed by atoms with Gasteiger partial charge in [0.15, 0.2) is 0 Å². The van der Waals surface area contributed by atoms with Crippen molar-refractivity contribution in [3.63, 3.8) is 0 Å². The highest BCUT2D eigenvalue weighted by atomic mass is 19.1. The maximum Gasteiger partial charge on any atom is 0.241 e. The lowest BCUT2D eigenvalue weighted by atomic mass is 10.1. The first kappa shape index (κ1) is 13.3. The van der Waals surface area contributed by atoms with Crippen LogP contribution in [0.4, 0.5) is 14.5 Å². The van der Waals surface area contributed by atoms with Gasteiger partial charge in [0.2, 0.25) is 5.91 Å². The summed E-state index contributed by atoms with van der Waals surface area (Å²) in [6, 6.07) is 3.28. The van der Waals surface area contributed by atoms with E-state index >= 15 is 0 Å². The molecule has 1 aliphatic carbocycles. The van der Waals surface area contributed by atoms with Crippen LogP contribution in [0.15, 0.2) is 18.2 Å². The van der Waals surface area contributed by atoms with Crippen LogP contribution in [-0.2, 0) is 4.79 Å². The van der Waals surface area contributed by atoms with Crippen LogP contribution in [0.5, 0.6) is 0 Å². The van der Waals surface area contributed by atoms with Gasteiger partial charge in [0, 0.05) is 19.2 Å². The standard InChI is InChI=1S/C15H18F2N2O/c1-15(2)10-7-19(8-11(10)15)14(20)6-18-13-4-3-9(16)5-12(13)17/h3-5,10-11,18H,6-8H2,1-2H3. The van der Waals surface area contributed by atoms with E-state index in [1.54, 1.807) is 0 Å². The van der Waals surface area contributed by atoms with Gasteiger partial charge in [-0.25, -0.2) is 8.78 Å². The van der Waals surface area contributed by atoms with Crippen LogP contribution in [0.1, 0.15) is 13.8 Å². The molecule has 0 radical (unpaired) electrons. The van der Waals surface area contributed by atoms with Crippen molar-refractivity contribution in [2.75, 3.05) is 25.0 Å². The first-order chi connectivity index (χ1) is 9.39. The third-order valence-electron chi connectivity index (χ3n) is 4.84. The van der Waals surface area contributed by atoms with Crippen molar-refractivity contribution in [1.29, 1.82) is 0 Å². The van der Waals surface area contributed by atoms with E-state index in [2.05, 4.69) is 19.2 Å². The van der Waals surface area contributed by atoms with Crippen molar-refractivity contribution in [2.45, 2.75) is 13.8 Å². The third kappa shape index (κ3) is 2.15. The fraction of sp³-hybridized carbons (Fsp3) is 0.533. The quantitative estimate of drug-likeness (QED) is 0.922. The zero-order valence-corrected chi connectivity index (χ0v) is 11.6. The van der Waals surface area contributed by atoms with Crippen molar-refractivity contribution in [3.8, 4) is 0 Å². The zero-order valence-electron chi connectivity index (χ0n) is 11.6. The molecule has 108 valence electrons. The number of nitrogens with one attached hydrogen (secondary N) is 1. The fourth-order valence-corrected chi connectivity index (χ4v) is 3.25. The molecular formula is C15H18F2N2O. The smallest absolute Gasteiger partial charge is 0.241 e. The summed E-state index contributed by atoms with van der Waals surface area (Å²) in [4.78, 5) is 13.9. The molecule has 1 aromatic rings. The molecule has 1 aliphatic heterocycles. The predicted molar refractivity (Wildman–Crippen MR) is 72.2 cm³/mol. The number of hydrogen-bond acceptors (Lipinski definition) is 2. The highest BCUT2D eigenvalue weighted by Crippen LogP contribution is 2.61. The molecule has 5 heteroatoms. The van der Waals surface area contributed by atoms with Gasteiger partial charge in [-0.1, -0.05) is 13.8 Å². The molecule has 1 N–H and O–H groups in total. The van der Waals surface area contributed by atoms with Gasteiger partial charge in [-0.2, -0.15) is 0 Å². The lowest BCUT2D eigenvalue weighted by molar-refractivity contribution is -0.129. The molecule has 2 atom stereocenters. The number of hydrogen-bond donors (Lipinski definition) is 1. The molecular weight excluding hydrogens is 262 g/mol. The SMILES string of the molecule is CC1(C)C2CN(C(=O)CNc3ccc(F)cc3F)CC21. The Labute approximate surface area is 117 Å². The summed E-state index contributed by atoms with van der Waals surface area (Å²) in [6.07, 6.45) is 0. The summed E-state index contributed by atoms with van der Waals surface area (Å²) in [5, 5.41) is 2.73. The second-order valence-corrected chi connectivity index (χ2v) is 6.31. The second kappa shape index (κ2) is 4.43. The van der Waals surface area contributed by atoms with E-state index in [1.165, 1.54) is 12.1 Å². The summed E-state index contributed by atoms with van der Waals surface area (Å²) >= 11 is 0. The molecule has 20 heavy (non-hydrogen) atoms. The van der Waals surface area contributed by atoms with E-state index in [9.17, 15) is 13.6 Å². The first-order valence-corrected chi connectivity index (χ1v) is 6.86. The van der Waals surface area contributed by atoms with Gasteiger partial charge in [0.1, 0.15) is 11.6 Å². The number of likely N-dealkylation sites (tertiary alicyclic amines) is 1. The van der Waals surface area contributed by atoms with Crippen LogP contribution >= 0.6 is 0 Å². The largest absolute Gasteiger partial charge is 0.374 e. The van der Waals surface area contributed by atoms with Gasteiger partial charge in [0.05, 0.1) is 12.2 Å². The first-order valence-electron chi connectivity index (χ1n) is 6.86. The summed E-state index contributed by atoms with van der Waals surface area (Å²) < 4.78 is 26.2. The number of rotatable bonds is 3. The Morgan fingerprint density at radius 1 is 1.35 bits per heavy atom. The normalized spacial score (nSPS) is 26.3. The fourth-order valence-electron chi connectivity index (χ4n) is 3.25. The molecule has 1 saturated carbocycles. The number of carbonyl (C=O) groups excluding carboxylic acids is 1. The average Bonchev–Trinajstić information content (AvgIpc) is 2.79. The summed E-state index contributed by atoms with van der Waals surface area (Å²) in [5.41, 5.74) is 0.525. The lowest BCUT2D eigenvalue weighted by Gasteiger charge is -2.22. The van der Waals surface area contributed by atoms with E-state index in [-0.39, 0.29) is 18.1 Å². The Morgan fingerprint density at radius 3 is 2.60 bits per heavy atom. The van der Waals surface area contributed by atoms with Crippen molar-refractivity contribution >= 4 is 11.6 Å².